The third-order valence-electron chi connectivity index (χ3n) is 5.27. The van der Waals surface area contributed by atoms with Gasteiger partial charge >= 0.3 is 0 Å². The van der Waals surface area contributed by atoms with Crippen molar-refractivity contribution < 1.29 is 8.42 Å². The number of hydrogen-bond donors (Lipinski definition) is 1. The van der Waals surface area contributed by atoms with Crippen LogP contribution in [0.5, 0.6) is 0 Å². The van der Waals surface area contributed by atoms with Crippen LogP contribution < -0.4 is 4.72 Å². The van der Waals surface area contributed by atoms with E-state index in [0.717, 1.165) is 49.2 Å². The van der Waals surface area contributed by atoms with Gasteiger partial charge in [-0.25, -0.2) is 13.1 Å². The molecule has 1 aliphatic rings. The van der Waals surface area contributed by atoms with Crippen molar-refractivity contribution in [1.82, 2.24) is 14.6 Å². The second-order valence-corrected chi connectivity index (χ2v) is 9.36. The molecule has 27 heavy (non-hydrogen) atoms. The molecule has 5 nitrogen and oxygen atoms in total. The van der Waals surface area contributed by atoms with Crippen LogP contribution in [0.25, 0.3) is 0 Å². The highest BCUT2D eigenvalue weighted by Crippen LogP contribution is 2.23. The smallest absolute Gasteiger partial charge is 0.241 e. The number of aryl methyl sites for hydroxylation is 3. The van der Waals surface area contributed by atoms with Gasteiger partial charge in [0, 0.05) is 25.5 Å². The molecule has 2 aromatic rings. The summed E-state index contributed by atoms with van der Waals surface area (Å²) in [6, 6.07) is 7.92. The topological polar surface area (TPSA) is 62.3 Å². The van der Waals surface area contributed by atoms with E-state index in [0.29, 0.717) is 17.4 Å². The molecule has 1 aromatic carbocycles. The Morgan fingerprint density at radius 3 is 2.41 bits per heavy atom. The molecule has 0 spiro atoms. The summed E-state index contributed by atoms with van der Waals surface area (Å²) in [6.45, 7) is 9.12. The summed E-state index contributed by atoms with van der Waals surface area (Å²) in [7, 11) is -3.47. The number of hydrogen-bond acceptors (Lipinski definition) is 4. The summed E-state index contributed by atoms with van der Waals surface area (Å²) < 4.78 is 28.5. The first-order valence-electron chi connectivity index (χ1n) is 9.54. The minimum Gasteiger partial charge on any atom is -0.299 e. The van der Waals surface area contributed by atoms with Crippen molar-refractivity contribution in [1.29, 1.82) is 0 Å². The Kier molecular flexibility index (Phi) is 6.29. The maximum Gasteiger partial charge on any atom is 0.241 e. The zero-order valence-corrected chi connectivity index (χ0v) is 17.2. The number of pyridine rings is 1. The lowest BCUT2D eigenvalue weighted by molar-refractivity contribution is 0.178. The van der Waals surface area contributed by atoms with E-state index in [1.165, 1.54) is 5.56 Å². The number of nitrogens with one attached hydrogen (secondary N) is 1. The Morgan fingerprint density at radius 1 is 1.15 bits per heavy atom. The van der Waals surface area contributed by atoms with Gasteiger partial charge in [-0.3, -0.25) is 9.88 Å². The zero-order valence-electron chi connectivity index (χ0n) is 16.4. The van der Waals surface area contributed by atoms with E-state index in [9.17, 15) is 8.42 Å². The average molecular weight is 388 g/mol. The molecule has 1 N–H and O–H groups in total. The molecule has 0 radical (unpaired) electrons. The third kappa shape index (κ3) is 5.15. The zero-order chi connectivity index (χ0) is 19.4. The summed E-state index contributed by atoms with van der Waals surface area (Å²) in [5, 5.41) is 0. The molecular weight excluding hydrogens is 358 g/mol. The van der Waals surface area contributed by atoms with E-state index in [2.05, 4.69) is 20.7 Å². The van der Waals surface area contributed by atoms with Crippen LogP contribution in [0, 0.1) is 26.7 Å². The molecule has 6 heteroatoms. The molecule has 0 aliphatic carbocycles. The molecule has 0 unspecified atom stereocenters. The van der Waals surface area contributed by atoms with Crippen LogP contribution in [0.2, 0.25) is 0 Å². The van der Waals surface area contributed by atoms with Crippen LogP contribution in [0.1, 0.15) is 35.1 Å². The van der Waals surface area contributed by atoms with Gasteiger partial charge in [-0.1, -0.05) is 23.8 Å². The van der Waals surface area contributed by atoms with Gasteiger partial charge in [-0.05, 0) is 75.4 Å². The number of aromatic nitrogens is 1. The van der Waals surface area contributed by atoms with E-state index in [1.807, 2.05) is 45.2 Å². The second kappa shape index (κ2) is 8.50. The number of sulfonamides is 1. The fourth-order valence-corrected chi connectivity index (χ4v) is 5.55. The maximum absolute atomic E-state index is 12.8. The SMILES string of the molecule is Cc1cc(C)c(S(=O)(=O)NCC2CCN(Cc3cccnc3)CC2)c(C)c1. The molecule has 3 rings (SSSR count). The summed E-state index contributed by atoms with van der Waals surface area (Å²) >= 11 is 0. The van der Waals surface area contributed by atoms with Gasteiger partial charge in [-0.15, -0.1) is 0 Å². The predicted octanol–water partition coefficient (Wildman–Crippen LogP) is 3.20. The molecule has 1 aliphatic heterocycles. The van der Waals surface area contributed by atoms with Gasteiger partial charge in [0.25, 0.3) is 0 Å². The molecule has 0 amide bonds. The van der Waals surface area contributed by atoms with Crippen LogP contribution in [0.3, 0.4) is 0 Å². The third-order valence-corrected chi connectivity index (χ3v) is 7.00. The summed E-state index contributed by atoms with van der Waals surface area (Å²) in [4.78, 5) is 7.01. The predicted molar refractivity (Wildman–Crippen MR) is 108 cm³/mol. The molecule has 0 bridgehead atoms. The number of benzene rings is 1. The largest absolute Gasteiger partial charge is 0.299 e. The van der Waals surface area contributed by atoms with Crippen molar-refractivity contribution in [3.63, 3.8) is 0 Å². The second-order valence-electron chi connectivity index (χ2n) is 7.66. The minimum atomic E-state index is -3.47. The van der Waals surface area contributed by atoms with Crippen molar-refractivity contribution in [2.45, 2.75) is 45.1 Å². The van der Waals surface area contributed by atoms with Crippen LogP contribution >= 0.6 is 0 Å². The highest BCUT2D eigenvalue weighted by Gasteiger charge is 2.24. The minimum absolute atomic E-state index is 0.385. The summed E-state index contributed by atoms with van der Waals surface area (Å²) in [6.07, 6.45) is 5.72. The van der Waals surface area contributed by atoms with Gasteiger partial charge in [0.15, 0.2) is 0 Å². The van der Waals surface area contributed by atoms with E-state index in [1.54, 1.807) is 6.20 Å². The Labute approximate surface area is 162 Å². The van der Waals surface area contributed by atoms with Gasteiger partial charge in [0.1, 0.15) is 0 Å². The van der Waals surface area contributed by atoms with Gasteiger partial charge in [0.2, 0.25) is 10.0 Å². The lowest BCUT2D eigenvalue weighted by Gasteiger charge is -2.32. The van der Waals surface area contributed by atoms with Gasteiger partial charge in [-0.2, -0.15) is 0 Å². The number of rotatable bonds is 6. The molecule has 2 heterocycles. The lowest BCUT2D eigenvalue weighted by atomic mass is 9.97. The number of likely N-dealkylation sites (tertiary alicyclic amines) is 1. The standard InChI is InChI=1S/C21H29N3O2S/c1-16-11-17(2)21(18(3)12-16)27(25,26)23-14-19-6-9-24(10-7-19)15-20-5-4-8-22-13-20/h4-5,8,11-13,19,23H,6-7,9-10,14-15H2,1-3H3. The lowest BCUT2D eigenvalue weighted by Crippen LogP contribution is -2.38. The fraction of sp³-hybridized carbons (Fsp3) is 0.476. The van der Waals surface area contributed by atoms with E-state index < -0.39 is 10.0 Å². The summed E-state index contributed by atoms with van der Waals surface area (Å²) in [5.41, 5.74) is 3.93. The Bertz CT molecular complexity index is 851. The quantitative estimate of drug-likeness (QED) is 0.827. The highest BCUT2D eigenvalue weighted by molar-refractivity contribution is 7.89. The molecule has 0 saturated carbocycles. The van der Waals surface area contributed by atoms with E-state index in [4.69, 9.17) is 0 Å². The maximum atomic E-state index is 12.8. The molecule has 146 valence electrons. The number of nitrogens with zero attached hydrogens (tertiary/aromatic N) is 2. The first-order valence-corrected chi connectivity index (χ1v) is 11.0. The van der Waals surface area contributed by atoms with Crippen LogP contribution in [-0.4, -0.2) is 37.9 Å². The average Bonchev–Trinajstić information content (AvgIpc) is 2.61. The van der Waals surface area contributed by atoms with Crippen LogP contribution in [0.4, 0.5) is 0 Å². The Balaban J connectivity index is 1.54. The molecule has 1 fully saturated rings. The first kappa shape index (κ1) is 20.0. The van der Waals surface area contributed by atoms with Gasteiger partial charge in [0.05, 0.1) is 4.90 Å². The van der Waals surface area contributed by atoms with Crippen LogP contribution in [-0.2, 0) is 16.6 Å². The molecule has 1 aromatic heterocycles. The van der Waals surface area contributed by atoms with E-state index >= 15 is 0 Å². The van der Waals surface area contributed by atoms with Crippen LogP contribution in [0.15, 0.2) is 41.6 Å². The summed E-state index contributed by atoms with van der Waals surface area (Å²) in [5.74, 6) is 0.385. The number of piperidine rings is 1. The Hall–Kier alpha value is -1.76. The van der Waals surface area contributed by atoms with Crippen molar-refractivity contribution >= 4 is 10.0 Å². The fourth-order valence-electron chi connectivity index (χ4n) is 3.99. The molecule has 1 saturated heterocycles. The van der Waals surface area contributed by atoms with Crippen molar-refractivity contribution in [3.05, 3.63) is 58.9 Å². The van der Waals surface area contributed by atoms with Crippen molar-refractivity contribution in [2.24, 2.45) is 5.92 Å². The molecule has 0 atom stereocenters. The first-order chi connectivity index (χ1) is 12.8. The van der Waals surface area contributed by atoms with E-state index in [-0.39, 0.29) is 0 Å². The highest BCUT2D eigenvalue weighted by atomic mass is 32.2. The normalized spacial score (nSPS) is 16.6. The monoisotopic (exact) mass is 387 g/mol. The molecular formula is C21H29N3O2S. The Morgan fingerprint density at radius 2 is 1.81 bits per heavy atom. The van der Waals surface area contributed by atoms with Crippen molar-refractivity contribution in [2.75, 3.05) is 19.6 Å². The van der Waals surface area contributed by atoms with Gasteiger partial charge < -0.3 is 0 Å². The van der Waals surface area contributed by atoms with Crippen molar-refractivity contribution in [3.8, 4) is 0 Å².